The molecule has 8 nitrogen and oxygen atoms in total. The summed E-state index contributed by atoms with van der Waals surface area (Å²) in [6.45, 7) is 2.04. The first kappa shape index (κ1) is 21.2. The van der Waals surface area contributed by atoms with Crippen LogP contribution in [0.5, 0.6) is 0 Å². The zero-order valence-corrected chi connectivity index (χ0v) is 19.9. The lowest BCUT2D eigenvalue weighted by Crippen LogP contribution is -2.65. The van der Waals surface area contributed by atoms with Crippen molar-refractivity contribution >= 4 is 51.9 Å². The zero-order chi connectivity index (χ0) is 23.4. The Bertz CT molecular complexity index is 1310. The van der Waals surface area contributed by atoms with Crippen LogP contribution in [0.2, 0.25) is 0 Å². The Labute approximate surface area is 206 Å². The first-order chi connectivity index (χ1) is 16.5. The minimum Gasteiger partial charge on any atom is -0.359 e. The summed E-state index contributed by atoms with van der Waals surface area (Å²) in [6, 6.07) is 14.6. The molecule has 0 radical (unpaired) electrons. The van der Waals surface area contributed by atoms with Crippen LogP contribution in [-0.4, -0.2) is 28.0 Å². The van der Waals surface area contributed by atoms with Crippen molar-refractivity contribution in [2.45, 2.75) is 35.3 Å². The molecule has 1 saturated heterocycles. The maximum Gasteiger partial charge on any atom is 0.265 e. The second-order valence-electron chi connectivity index (χ2n) is 8.75. The number of nitro groups is 1. The molecule has 3 aliphatic heterocycles. The number of thiocarbonyl (C=S) groups is 1. The summed E-state index contributed by atoms with van der Waals surface area (Å²) in [7, 11) is 0. The average molecular weight is 491 g/mol. The normalized spacial score (nSPS) is 26.7. The average Bonchev–Trinajstić information content (AvgIpc) is 3.18. The number of nitrogens with one attached hydrogen (secondary N) is 3. The summed E-state index contributed by atoms with van der Waals surface area (Å²) in [6.07, 6.45) is 5.67. The quantitative estimate of drug-likeness (QED) is 0.278. The lowest BCUT2D eigenvalue weighted by molar-refractivity contribution is -0.419. The molecule has 0 aromatic heterocycles. The number of fused-ring (bicyclic) bond motifs is 3. The van der Waals surface area contributed by atoms with E-state index in [4.69, 9.17) is 17.3 Å². The Hall–Kier alpha value is -3.37. The summed E-state index contributed by atoms with van der Waals surface area (Å²) < 4.78 is 0. The highest BCUT2D eigenvalue weighted by molar-refractivity contribution is 7.99. The second-order valence-corrected chi connectivity index (χ2v) is 10.2. The van der Waals surface area contributed by atoms with E-state index < -0.39 is 0 Å². The number of anilines is 3. The molecule has 34 heavy (non-hydrogen) atoms. The predicted octanol–water partition coefficient (Wildman–Crippen LogP) is 4.62. The second kappa shape index (κ2) is 8.14. The molecule has 0 amide bonds. The van der Waals surface area contributed by atoms with Gasteiger partial charge in [0, 0.05) is 33.5 Å². The van der Waals surface area contributed by atoms with Crippen molar-refractivity contribution in [3.8, 4) is 0 Å². The lowest BCUT2D eigenvalue weighted by atomic mass is 9.79. The van der Waals surface area contributed by atoms with Crippen LogP contribution >= 0.6 is 24.0 Å². The van der Waals surface area contributed by atoms with Crippen LogP contribution < -0.4 is 21.0 Å². The monoisotopic (exact) mass is 490 g/mol. The van der Waals surface area contributed by atoms with Gasteiger partial charge in [-0.05, 0) is 62.0 Å². The fourth-order valence-electron chi connectivity index (χ4n) is 5.09. The fourth-order valence-corrected chi connectivity index (χ4v) is 6.32. The number of benzene rings is 2. The van der Waals surface area contributed by atoms with E-state index in [1.807, 2.05) is 30.1 Å². The summed E-state index contributed by atoms with van der Waals surface area (Å²) in [5.74, 6) is 0.144. The van der Waals surface area contributed by atoms with Crippen molar-refractivity contribution in [1.29, 1.82) is 0 Å². The largest absolute Gasteiger partial charge is 0.359 e. The minimum atomic E-state index is -0.346. The summed E-state index contributed by atoms with van der Waals surface area (Å²) >= 11 is 7.31. The Morgan fingerprint density at radius 1 is 1.18 bits per heavy atom. The van der Waals surface area contributed by atoms with E-state index in [9.17, 15) is 10.1 Å². The highest BCUT2D eigenvalue weighted by atomic mass is 32.2. The number of hydrazone groups is 1. The van der Waals surface area contributed by atoms with Crippen molar-refractivity contribution in [1.82, 2.24) is 10.6 Å². The van der Waals surface area contributed by atoms with E-state index in [0.29, 0.717) is 11.5 Å². The van der Waals surface area contributed by atoms with Crippen molar-refractivity contribution in [2.75, 3.05) is 10.3 Å². The van der Waals surface area contributed by atoms with E-state index in [-0.39, 0.29) is 34.7 Å². The lowest BCUT2D eigenvalue weighted by Gasteiger charge is -2.42. The van der Waals surface area contributed by atoms with Gasteiger partial charge in [-0.1, -0.05) is 30.0 Å². The van der Waals surface area contributed by atoms with E-state index in [1.165, 1.54) is 9.79 Å². The van der Waals surface area contributed by atoms with Gasteiger partial charge in [-0.3, -0.25) is 10.1 Å². The smallest absolute Gasteiger partial charge is 0.265 e. The SMILES string of the molecule is CC1=NN(c2ccc3c(c2)Nc2ccccc2S3)C2NC(=S)NC(C3C=CC([N+](=O)[O-])=CC3)C12. The summed E-state index contributed by atoms with van der Waals surface area (Å²) in [5, 5.41) is 29.0. The number of hydrogen-bond donors (Lipinski definition) is 3. The van der Waals surface area contributed by atoms with Gasteiger partial charge in [-0.15, -0.1) is 0 Å². The molecule has 0 bridgehead atoms. The van der Waals surface area contributed by atoms with Gasteiger partial charge in [0.15, 0.2) is 5.11 Å². The zero-order valence-electron chi connectivity index (χ0n) is 18.3. The van der Waals surface area contributed by atoms with Crippen molar-refractivity contribution in [2.24, 2.45) is 16.9 Å². The van der Waals surface area contributed by atoms with Crippen LogP contribution in [0.25, 0.3) is 0 Å². The summed E-state index contributed by atoms with van der Waals surface area (Å²) in [4.78, 5) is 13.1. The van der Waals surface area contributed by atoms with Gasteiger partial charge in [0.2, 0.25) is 0 Å². The van der Waals surface area contributed by atoms with E-state index >= 15 is 0 Å². The Kier molecular flexibility index (Phi) is 5.07. The van der Waals surface area contributed by atoms with Crippen LogP contribution in [0.15, 0.2) is 81.3 Å². The molecule has 4 aliphatic rings. The van der Waals surface area contributed by atoms with Crippen LogP contribution in [0.1, 0.15) is 13.3 Å². The highest BCUT2D eigenvalue weighted by Gasteiger charge is 2.47. The molecule has 3 heterocycles. The number of nitrogens with zero attached hydrogens (tertiary/aromatic N) is 3. The van der Waals surface area contributed by atoms with Gasteiger partial charge < -0.3 is 16.0 Å². The molecular weight excluding hydrogens is 468 g/mol. The van der Waals surface area contributed by atoms with Gasteiger partial charge >= 0.3 is 0 Å². The number of allylic oxidation sites excluding steroid dienone is 2. The van der Waals surface area contributed by atoms with Gasteiger partial charge in [-0.25, -0.2) is 5.01 Å². The molecule has 0 saturated carbocycles. The maximum atomic E-state index is 11.1. The molecule has 3 N–H and O–H groups in total. The fraction of sp³-hybridized carbons (Fsp3) is 0.250. The van der Waals surface area contributed by atoms with E-state index in [2.05, 4.69) is 46.3 Å². The van der Waals surface area contributed by atoms with Crippen LogP contribution in [-0.2, 0) is 0 Å². The topological polar surface area (TPSA) is 94.8 Å². The van der Waals surface area contributed by atoms with Crippen molar-refractivity contribution < 1.29 is 4.92 Å². The van der Waals surface area contributed by atoms with Crippen LogP contribution in [0.4, 0.5) is 17.1 Å². The first-order valence-corrected chi connectivity index (χ1v) is 12.3. The molecular formula is C24H22N6O2S2. The third-order valence-electron chi connectivity index (χ3n) is 6.70. The Morgan fingerprint density at radius 3 is 2.79 bits per heavy atom. The molecule has 10 heteroatoms. The number of rotatable bonds is 3. The molecule has 4 unspecified atom stereocenters. The van der Waals surface area contributed by atoms with Gasteiger partial charge in [0.25, 0.3) is 5.70 Å². The van der Waals surface area contributed by atoms with Crippen molar-refractivity contribution in [3.63, 3.8) is 0 Å². The van der Waals surface area contributed by atoms with Gasteiger partial charge in [0.1, 0.15) is 6.17 Å². The van der Waals surface area contributed by atoms with Crippen LogP contribution in [0, 0.1) is 22.0 Å². The number of hydrogen-bond acceptors (Lipinski definition) is 7. The molecule has 1 fully saturated rings. The molecule has 6 rings (SSSR count). The Morgan fingerprint density at radius 2 is 2.00 bits per heavy atom. The number of para-hydroxylation sites is 1. The molecule has 2 aromatic carbocycles. The molecule has 0 spiro atoms. The molecule has 172 valence electrons. The standard InChI is InChI=1S/C24H22N6O2S2/c1-13-21-22(14-6-8-15(9-7-14)30(31)32)26-24(33)27-23(21)29(28-13)16-10-11-20-18(12-16)25-17-4-2-3-5-19(17)34-20/h2-6,8-12,14,21-23,25H,7H2,1H3,(H2,26,27,33). The third kappa shape index (κ3) is 3.54. The predicted molar refractivity (Wildman–Crippen MR) is 138 cm³/mol. The molecule has 2 aromatic rings. The highest BCUT2D eigenvalue weighted by Crippen LogP contribution is 2.46. The Balaban J connectivity index is 1.28. The van der Waals surface area contributed by atoms with Gasteiger partial charge in [-0.2, -0.15) is 5.10 Å². The summed E-state index contributed by atoms with van der Waals surface area (Å²) in [5.41, 5.74) is 4.27. The third-order valence-corrected chi connectivity index (χ3v) is 8.09. The first-order valence-electron chi connectivity index (χ1n) is 11.1. The van der Waals surface area contributed by atoms with E-state index in [1.54, 1.807) is 23.9 Å². The molecule has 4 atom stereocenters. The maximum absolute atomic E-state index is 11.1. The molecule has 1 aliphatic carbocycles. The van der Waals surface area contributed by atoms with E-state index in [0.717, 1.165) is 22.8 Å². The van der Waals surface area contributed by atoms with Gasteiger partial charge in [0.05, 0.1) is 27.9 Å². The minimum absolute atomic E-state index is 0.00788. The van der Waals surface area contributed by atoms with Crippen molar-refractivity contribution in [3.05, 3.63) is 76.5 Å². The van der Waals surface area contributed by atoms with Crippen LogP contribution in [0.3, 0.4) is 0 Å².